The van der Waals surface area contributed by atoms with Crippen LogP contribution >= 0.6 is 7.82 Å². The summed E-state index contributed by atoms with van der Waals surface area (Å²) in [4.78, 5) is 21.6. The Morgan fingerprint density at radius 1 is 1.21 bits per heavy atom. The molecule has 1 aromatic heterocycles. The van der Waals surface area contributed by atoms with Crippen LogP contribution in [0.4, 0.5) is 0 Å². The molecule has 0 atom stereocenters. The molecule has 7 heteroatoms. The Morgan fingerprint density at radius 3 is 2.36 bits per heavy atom. The van der Waals surface area contributed by atoms with Crippen LogP contribution in [-0.4, -0.2) is 19.8 Å². The van der Waals surface area contributed by atoms with Crippen molar-refractivity contribution in [3.05, 3.63) is 30.5 Å². The number of nitrogens with zero attached hydrogens (tertiary/aromatic N) is 1. The Labute approximate surface area is 79.0 Å². The summed E-state index contributed by atoms with van der Waals surface area (Å²) in [6, 6.07) is 7.77. The second kappa shape index (κ2) is 4.34. The molecule has 14 heavy (non-hydrogen) atoms. The van der Waals surface area contributed by atoms with E-state index >= 15 is 0 Å². The van der Waals surface area contributed by atoms with Gasteiger partial charge in [0, 0.05) is 5.39 Å². The molecule has 76 valence electrons. The molecule has 0 aliphatic carbocycles. The smallest absolute Gasteiger partial charge is 0.364 e. The monoisotopic (exact) mass is 217 g/mol. The minimum absolute atomic E-state index is 0.914. The van der Waals surface area contributed by atoms with Crippen molar-refractivity contribution >= 4 is 18.7 Å². The van der Waals surface area contributed by atoms with E-state index in [1.807, 2.05) is 24.3 Å². The Kier molecular flexibility index (Phi) is 3.38. The maximum absolute atomic E-state index is 8.88. The molecule has 1 aromatic carbocycles. The Balaban J connectivity index is 0.000000171. The number of phosphoric acid groups is 1. The van der Waals surface area contributed by atoms with Crippen LogP contribution in [0.2, 0.25) is 0 Å². The van der Waals surface area contributed by atoms with E-state index in [0.717, 1.165) is 10.9 Å². The molecule has 3 N–H and O–H groups in total. The first-order valence-corrected chi connectivity index (χ1v) is 5.11. The van der Waals surface area contributed by atoms with E-state index in [2.05, 4.69) is 5.16 Å². The summed E-state index contributed by atoms with van der Waals surface area (Å²) in [5, 5.41) is 4.80. The van der Waals surface area contributed by atoms with E-state index in [-0.39, 0.29) is 0 Å². The summed E-state index contributed by atoms with van der Waals surface area (Å²) in [7, 11) is -4.64. The van der Waals surface area contributed by atoms with Gasteiger partial charge in [0.1, 0.15) is 11.8 Å². The van der Waals surface area contributed by atoms with Gasteiger partial charge >= 0.3 is 7.82 Å². The molecule has 0 saturated heterocycles. The highest BCUT2D eigenvalue weighted by Crippen LogP contribution is 2.25. The van der Waals surface area contributed by atoms with Crippen molar-refractivity contribution in [1.82, 2.24) is 5.16 Å². The minimum atomic E-state index is -4.64. The molecular weight excluding hydrogens is 209 g/mol. The lowest BCUT2D eigenvalue weighted by molar-refractivity contribution is 0.275. The van der Waals surface area contributed by atoms with Crippen LogP contribution in [0, 0.1) is 0 Å². The summed E-state index contributed by atoms with van der Waals surface area (Å²) in [5.74, 6) is 0. The fourth-order valence-corrected chi connectivity index (χ4v) is 0.810. The largest absolute Gasteiger partial charge is 0.466 e. The molecule has 1 heterocycles. The molecule has 0 spiro atoms. The molecule has 2 aromatic rings. The van der Waals surface area contributed by atoms with Gasteiger partial charge in [-0.1, -0.05) is 17.3 Å². The standard InChI is InChI=1S/C7H5NO.H3O4P/c1-2-4-7-6(3-1)5-9-8-7;1-5(2,3)4/h1-5H;(H3,1,2,3,4). The number of hydrogen-bond acceptors (Lipinski definition) is 3. The summed E-state index contributed by atoms with van der Waals surface area (Å²) >= 11 is 0. The van der Waals surface area contributed by atoms with Gasteiger partial charge in [-0.2, -0.15) is 0 Å². The van der Waals surface area contributed by atoms with Gasteiger partial charge in [0.15, 0.2) is 0 Å². The third kappa shape index (κ3) is 4.15. The summed E-state index contributed by atoms with van der Waals surface area (Å²) in [6.45, 7) is 0. The van der Waals surface area contributed by atoms with Crippen LogP contribution in [0.25, 0.3) is 10.9 Å². The normalized spacial score (nSPS) is 10.8. The van der Waals surface area contributed by atoms with Crippen molar-refractivity contribution in [2.24, 2.45) is 0 Å². The predicted molar refractivity (Wildman–Crippen MR) is 48.3 cm³/mol. The molecule has 0 fully saturated rings. The van der Waals surface area contributed by atoms with E-state index < -0.39 is 7.82 Å². The van der Waals surface area contributed by atoms with Crippen LogP contribution < -0.4 is 0 Å². The highest BCUT2D eigenvalue weighted by atomic mass is 31.2. The molecule has 6 nitrogen and oxygen atoms in total. The van der Waals surface area contributed by atoms with Crippen molar-refractivity contribution in [2.45, 2.75) is 0 Å². The average Bonchev–Trinajstić information content (AvgIpc) is 2.47. The van der Waals surface area contributed by atoms with Gasteiger partial charge in [-0.15, -0.1) is 0 Å². The molecule has 0 radical (unpaired) electrons. The minimum Gasteiger partial charge on any atom is -0.364 e. The fourth-order valence-electron chi connectivity index (χ4n) is 0.810. The van der Waals surface area contributed by atoms with E-state index in [0.29, 0.717) is 0 Å². The lowest BCUT2D eigenvalue weighted by atomic mass is 10.3. The predicted octanol–water partition coefficient (Wildman–Crippen LogP) is 0.899. The first-order chi connectivity index (χ1) is 6.47. The first kappa shape index (κ1) is 10.9. The van der Waals surface area contributed by atoms with Crippen LogP contribution in [-0.2, 0) is 4.57 Å². The maximum atomic E-state index is 8.88. The number of aromatic nitrogens is 1. The van der Waals surface area contributed by atoms with Gasteiger partial charge < -0.3 is 19.2 Å². The van der Waals surface area contributed by atoms with Crippen LogP contribution in [0.3, 0.4) is 0 Å². The van der Waals surface area contributed by atoms with Gasteiger partial charge in [-0.3, -0.25) is 0 Å². The molecule has 0 aliphatic heterocycles. The Bertz CT molecular complexity index is 410. The molecule has 0 amide bonds. The van der Waals surface area contributed by atoms with E-state index in [1.165, 1.54) is 0 Å². The molecule has 2 rings (SSSR count). The zero-order valence-electron chi connectivity index (χ0n) is 6.94. The lowest BCUT2D eigenvalue weighted by Crippen LogP contribution is -1.66. The van der Waals surface area contributed by atoms with Crippen molar-refractivity contribution < 1.29 is 23.8 Å². The SMILES string of the molecule is O=P(O)(O)O.c1ccc2nocc2c1. The fraction of sp³-hybridized carbons (Fsp3) is 0. The van der Waals surface area contributed by atoms with Crippen molar-refractivity contribution in [3.63, 3.8) is 0 Å². The van der Waals surface area contributed by atoms with Crippen molar-refractivity contribution in [1.29, 1.82) is 0 Å². The number of rotatable bonds is 0. The van der Waals surface area contributed by atoms with Gasteiger partial charge in [-0.05, 0) is 12.1 Å². The first-order valence-electron chi connectivity index (χ1n) is 3.54. The topological polar surface area (TPSA) is 104 Å². The van der Waals surface area contributed by atoms with Crippen molar-refractivity contribution in [2.75, 3.05) is 0 Å². The molecular formula is C7H8NO5P. The summed E-state index contributed by atoms with van der Waals surface area (Å²) in [6.07, 6.45) is 1.63. The lowest BCUT2D eigenvalue weighted by Gasteiger charge is -1.82. The zero-order chi connectivity index (χ0) is 10.6. The van der Waals surface area contributed by atoms with Crippen molar-refractivity contribution in [3.8, 4) is 0 Å². The van der Waals surface area contributed by atoms with E-state index in [9.17, 15) is 0 Å². The highest BCUT2D eigenvalue weighted by Gasteiger charge is 2.00. The number of hydrogen-bond donors (Lipinski definition) is 3. The van der Waals surface area contributed by atoms with E-state index in [1.54, 1.807) is 6.26 Å². The molecule has 0 bridgehead atoms. The number of benzene rings is 1. The maximum Gasteiger partial charge on any atom is 0.466 e. The zero-order valence-corrected chi connectivity index (χ0v) is 7.83. The second-order valence-corrected chi connectivity index (χ2v) is 3.41. The van der Waals surface area contributed by atoms with Gasteiger partial charge in [0.05, 0.1) is 0 Å². The quantitative estimate of drug-likeness (QED) is 0.566. The molecule has 0 saturated carbocycles. The van der Waals surface area contributed by atoms with Gasteiger partial charge in [-0.25, -0.2) is 4.57 Å². The third-order valence-corrected chi connectivity index (χ3v) is 1.27. The Hall–Kier alpha value is -1.20. The van der Waals surface area contributed by atoms with E-state index in [4.69, 9.17) is 23.8 Å². The average molecular weight is 217 g/mol. The number of fused-ring (bicyclic) bond motifs is 1. The molecule has 0 aliphatic rings. The van der Waals surface area contributed by atoms with Gasteiger partial charge in [0.2, 0.25) is 0 Å². The van der Waals surface area contributed by atoms with Crippen LogP contribution in [0.15, 0.2) is 35.1 Å². The Morgan fingerprint density at radius 2 is 1.79 bits per heavy atom. The van der Waals surface area contributed by atoms with Crippen LogP contribution in [0.5, 0.6) is 0 Å². The summed E-state index contributed by atoms with van der Waals surface area (Å²) < 4.78 is 13.6. The summed E-state index contributed by atoms with van der Waals surface area (Å²) in [5.41, 5.74) is 0.914. The molecule has 0 unspecified atom stereocenters. The third-order valence-electron chi connectivity index (χ3n) is 1.27. The van der Waals surface area contributed by atoms with Gasteiger partial charge in [0.25, 0.3) is 0 Å². The van der Waals surface area contributed by atoms with Crippen LogP contribution in [0.1, 0.15) is 0 Å². The second-order valence-electron chi connectivity index (χ2n) is 2.39. The highest BCUT2D eigenvalue weighted by molar-refractivity contribution is 7.45.